The molecule has 0 spiro atoms. The van der Waals surface area contributed by atoms with E-state index in [1.165, 1.54) is 0 Å². The fourth-order valence-corrected chi connectivity index (χ4v) is 3.55. The SMILES string of the molecule is Cc1nn(C)c(C)c1/C=C\C(=O)N[C@H](c1ccc2c(c1)OCCO2)C1CC1. The lowest BCUT2D eigenvalue weighted by Crippen LogP contribution is -2.28. The predicted molar refractivity (Wildman–Crippen MR) is 103 cm³/mol. The fourth-order valence-electron chi connectivity index (χ4n) is 3.55. The van der Waals surface area contributed by atoms with Crippen molar-refractivity contribution in [1.82, 2.24) is 15.1 Å². The van der Waals surface area contributed by atoms with Crippen LogP contribution in [0.2, 0.25) is 0 Å². The molecule has 1 saturated carbocycles. The highest BCUT2D eigenvalue weighted by molar-refractivity contribution is 5.92. The predicted octanol–water partition coefficient (Wildman–Crippen LogP) is 3.09. The molecular weight excluding hydrogens is 342 g/mol. The van der Waals surface area contributed by atoms with Gasteiger partial charge in [0.1, 0.15) is 13.2 Å². The zero-order valence-electron chi connectivity index (χ0n) is 16.0. The molecule has 1 fully saturated rings. The highest BCUT2D eigenvalue weighted by Gasteiger charge is 2.33. The molecule has 1 aromatic carbocycles. The number of benzene rings is 1. The van der Waals surface area contributed by atoms with E-state index in [-0.39, 0.29) is 11.9 Å². The van der Waals surface area contributed by atoms with E-state index in [0.29, 0.717) is 19.1 Å². The zero-order valence-corrected chi connectivity index (χ0v) is 16.0. The Morgan fingerprint density at radius 1 is 1.26 bits per heavy atom. The van der Waals surface area contributed by atoms with Gasteiger partial charge in [-0.25, -0.2) is 0 Å². The lowest BCUT2D eigenvalue weighted by atomic mass is 10.0. The van der Waals surface area contributed by atoms with Gasteiger partial charge in [-0.15, -0.1) is 0 Å². The van der Waals surface area contributed by atoms with Crippen molar-refractivity contribution in [2.75, 3.05) is 13.2 Å². The van der Waals surface area contributed by atoms with Gasteiger partial charge in [-0.05, 0) is 56.4 Å². The summed E-state index contributed by atoms with van der Waals surface area (Å²) in [6.45, 7) is 5.09. The third-order valence-corrected chi connectivity index (χ3v) is 5.28. The maximum Gasteiger partial charge on any atom is 0.244 e. The Hall–Kier alpha value is -2.76. The number of hydrogen-bond donors (Lipinski definition) is 1. The number of carbonyl (C=O) groups is 1. The minimum absolute atomic E-state index is 0.00549. The first-order chi connectivity index (χ1) is 13.0. The Labute approximate surface area is 159 Å². The number of hydrogen-bond acceptors (Lipinski definition) is 4. The monoisotopic (exact) mass is 367 g/mol. The van der Waals surface area contributed by atoms with Gasteiger partial charge in [-0.1, -0.05) is 6.07 Å². The van der Waals surface area contributed by atoms with Crippen molar-refractivity contribution >= 4 is 12.0 Å². The number of nitrogens with zero attached hydrogens (tertiary/aromatic N) is 2. The highest BCUT2D eigenvalue weighted by atomic mass is 16.6. The number of aryl methyl sites for hydroxylation is 2. The number of amides is 1. The molecule has 0 unspecified atom stereocenters. The molecule has 142 valence electrons. The van der Waals surface area contributed by atoms with Crippen LogP contribution in [-0.4, -0.2) is 28.9 Å². The molecule has 1 amide bonds. The molecule has 4 rings (SSSR count). The molecule has 2 aromatic rings. The number of rotatable bonds is 5. The fraction of sp³-hybridized carbons (Fsp3) is 0.429. The molecular formula is C21H25N3O3. The molecule has 1 aromatic heterocycles. The number of carbonyl (C=O) groups excluding carboxylic acids is 1. The van der Waals surface area contributed by atoms with E-state index in [1.807, 2.05) is 49.9 Å². The van der Waals surface area contributed by atoms with E-state index in [2.05, 4.69) is 10.4 Å². The summed E-state index contributed by atoms with van der Waals surface area (Å²) in [7, 11) is 1.91. The summed E-state index contributed by atoms with van der Waals surface area (Å²) in [6.07, 6.45) is 5.71. The van der Waals surface area contributed by atoms with Gasteiger partial charge in [-0.3, -0.25) is 9.48 Å². The largest absolute Gasteiger partial charge is 0.486 e. The smallest absolute Gasteiger partial charge is 0.244 e. The van der Waals surface area contributed by atoms with Crippen LogP contribution in [0, 0.1) is 19.8 Å². The Bertz CT molecular complexity index is 896. The minimum atomic E-state index is -0.0931. The molecule has 1 N–H and O–H groups in total. The third kappa shape index (κ3) is 3.70. The molecule has 27 heavy (non-hydrogen) atoms. The van der Waals surface area contributed by atoms with Gasteiger partial charge < -0.3 is 14.8 Å². The molecule has 2 heterocycles. The summed E-state index contributed by atoms with van der Waals surface area (Å²) < 4.78 is 13.1. The molecule has 6 nitrogen and oxygen atoms in total. The van der Waals surface area contributed by atoms with Crippen LogP contribution in [0.5, 0.6) is 11.5 Å². The van der Waals surface area contributed by atoms with Crippen LogP contribution in [-0.2, 0) is 11.8 Å². The summed E-state index contributed by atoms with van der Waals surface area (Å²) in [6, 6.07) is 5.95. The normalized spacial score (nSPS) is 17.1. The first-order valence-corrected chi connectivity index (χ1v) is 9.41. The molecule has 0 bridgehead atoms. The van der Waals surface area contributed by atoms with Crippen molar-refractivity contribution in [1.29, 1.82) is 0 Å². The summed E-state index contributed by atoms with van der Waals surface area (Å²) in [5, 5.41) is 7.55. The van der Waals surface area contributed by atoms with Gasteiger partial charge in [0.2, 0.25) is 5.91 Å². The van der Waals surface area contributed by atoms with Crippen LogP contribution in [0.4, 0.5) is 0 Å². The van der Waals surface area contributed by atoms with Gasteiger partial charge in [0.05, 0.1) is 11.7 Å². The van der Waals surface area contributed by atoms with E-state index < -0.39 is 0 Å². The number of fused-ring (bicyclic) bond motifs is 1. The van der Waals surface area contributed by atoms with Crippen LogP contribution >= 0.6 is 0 Å². The molecule has 0 saturated heterocycles. The molecule has 1 aliphatic heterocycles. The second-order valence-corrected chi connectivity index (χ2v) is 7.27. The lowest BCUT2D eigenvalue weighted by Gasteiger charge is -2.22. The van der Waals surface area contributed by atoms with Crippen LogP contribution < -0.4 is 14.8 Å². The van der Waals surface area contributed by atoms with Crippen LogP contribution in [0.3, 0.4) is 0 Å². The van der Waals surface area contributed by atoms with Gasteiger partial charge in [-0.2, -0.15) is 5.10 Å². The second kappa shape index (κ2) is 7.10. The Morgan fingerprint density at radius 2 is 2.00 bits per heavy atom. The van der Waals surface area contributed by atoms with E-state index in [4.69, 9.17) is 9.47 Å². The Morgan fingerprint density at radius 3 is 2.67 bits per heavy atom. The first-order valence-electron chi connectivity index (χ1n) is 9.41. The maximum atomic E-state index is 12.6. The topological polar surface area (TPSA) is 65.4 Å². The molecule has 6 heteroatoms. The number of aromatic nitrogens is 2. The van der Waals surface area contributed by atoms with Crippen molar-refractivity contribution in [2.45, 2.75) is 32.7 Å². The van der Waals surface area contributed by atoms with E-state index in [1.54, 1.807) is 6.08 Å². The number of nitrogens with one attached hydrogen (secondary N) is 1. The van der Waals surface area contributed by atoms with Gasteiger partial charge >= 0.3 is 0 Å². The van der Waals surface area contributed by atoms with Crippen molar-refractivity contribution in [2.24, 2.45) is 13.0 Å². The lowest BCUT2D eigenvalue weighted by molar-refractivity contribution is -0.117. The van der Waals surface area contributed by atoms with Crippen LogP contribution in [0.25, 0.3) is 6.08 Å². The summed E-state index contributed by atoms with van der Waals surface area (Å²) in [5.41, 5.74) is 4.03. The maximum absolute atomic E-state index is 12.6. The quantitative estimate of drug-likeness (QED) is 0.825. The van der Waals surface area contributed by atoms with Crippen molar-refractivity contribution in [3.63, 3.8) is 0 Å². The van der Waals surface area contributed by atoms with Crippen LogP contribution in [0.15, 0.2) is 24.3 Å². The van der Waals surface area contributed by atoms with Crippen molar-refractivity contribution < 1.29 is 14.3 Å². The van der Waals surface area contributed by atoms with Gasteiger partial charge in [0.15, 0.2) is 11.5 Å². The molecule has 2 aliphatic rings. The highest BCUT2D eigenvalue weighted by Crippen LogP contribution is 2.43. The van der Waals surface area contributed by atoms with Crippen LogP contribution in [0.1, 0.15) is 41.4 Å². The Balaban J connectivity index is 1.50. The standard InChI is InChI=1S/C21H25N3O3/c1-13-17(14(2)24(3)23-13)7-9-20(25)22-21(15-4-5-15)16-6-8-18-19(12-16)27-11-10-26-18/h6-9,12,15,21H,4-5,10-11H2,1-3H3,(H,22,25)/b9-7-/t21-/m0/s1. The molecule has 0 radical (unpaired) electrons. The minimum Gasteiger partial charge on any atom is -0.486 e. The van der Waals surface area contributed by atoms with E-state index in [9.17, 15) is 4.79 Å². The van der Waals surface area contributed by atoms with Gasteiger partial charge in [0, 0.05) is 24.4 Å². The summed E-state index contributed by atoms with van der Waals surface area (Å²) in [4.78, 5) is 12.6. The summed E-state index contributed by atoms with van der Waals surface area (Å²) in [5.74, 6) is 1.92. The average Bonchev–Trinajstić information content (AvgIpc) is 3.47. The average molecular weight is 367 g/mol. The van der Waals surface area contributed by atoms with E-state index in [0.717, 1.165) is 46.9 Å². The van der Waals surface area contributed by atoms with E-state index >= 15 is 0 Å². The second-order valence-electron chi connectivity index (χ2n) is 7.27. The first kappa shape index (κ1) is 17.6. The number of ether oxygens (including phenoxy) is 2. The van der Waals surface area contributed by atoms with Crippen molar-refractivity contribution in [3.05, 3.63) is 46.8 Å². The summed E-state index contributed by atoms with van der Waals surface area (Å²) >= 11 is 0. The van der Waals surface area contributed by atoms with Crippen molar-refractivity contribution in [3.8, 4) is 11.5 Å². The van der Waals surface area contributed by atoms with Gasteiger partial charge in [0.25, 0.3) is 0 Å². The molecule has 1 atom stereocenters. The zero-order chi connectivity index (χ0) is 19.0. The molecule has 1 aliphatic carbocycles. The Kier molecular flexibility index (Phi) is 4.64. The third-order valence-electron chi connectivity index (χ3n) is 5.28.